The van der Waals surface area contributed by atoms with Gasteiger partial charge in [0.2, 0.25) is 0 Å². The standard InChI is InChI=1S/C17H22N2O2S2/c1-11-9-22-17(18-11)23-10-14-4-6-19(7-5-14)16(20)15-8-12(2)21-13(15)3/h8-9,14H,4-7,10H2,1-3H3. The Hall–Kier alpha value is -1.27. The van der Waals surface area contributed by atoms with Crippen LogP contribution < -0.4 is 0 Å². The van der Waals surface area contributed by atoms with Crippen molar-refractivity contribution < 1.29 is 9.21 Å². The van der Waals surface area contributed by atoms with Crippen LogP contribution in [0.5, 0.6) is 0 Å². The van der Waals surface area contributed by atoms with Gasteiger partial charge in [0.25, 0.3) is 5.91 Å². The molecule has 0 unspecified atom stereocenters. The molecule has 23 heavy (non-hydrogen) atoms. The number of aryl methyl sites for hydroxylation is 3. The Morgan fingerprint density at radius 1 is 1.39 bits per heavy atom. The van der Waals surface area contributed by atoms with Crippen LogP contribution in [0.15, 0.2) is 20.2 Å². The van der Waals surface area contributed by atoms with E-state index in [4.69, 9.17) is 4.42 Å². The predicted molar refractivity (Wildman–Crippen MR) is 94.4 cm³/mol. The lowest BCUT2D eigenvalue weighted by Gasteiger charge is -2.31. The molecule has 1 amide bonds. The van der Waals surface area contributed by atoms with Crippen molar-refractivity contribution in [2.24, 2.45) is 5.92 Å². The van der Waals surface area contributed by atoms with E-state index in [0.29, 0.717) is 11.5 Å². The third-order valence-corrected chi connectivity index (χ3v) is 6.58. The van der Waals surface area contributed by atoms with Crippen LogP contribution in [0.4, 0.5) is 0 Å². The number of hydrogen-bond donors (Lipinski definition) is 0. The number of aromatic nitrogens is 1. The third kappa shape index (κ3) is 3.98. The maximum atomic E-state index is 12.6. The molecule has 3 heterocycles. The number of thioether (sulfide) groups is 1. The molecule has 0 radical (unpaired) electrons. The smallest absolute Gasteiger partial charge is 0.257 e. The second kappa shape index (κ2) is 7.09. The van der Waals surface area contributed by atoms with Crippen LogP contribution in [-0.2, 0) is 0 Å². The van der Waals surface area contributed by atoms with E-state index in [1.165, 1.54) is 0 Å². The topological polar surface area (TPSA) is 46.3 Å². The summed E-state index contributed by atoms with van der Waals surface area (Å²) in [5.41, 5.74) is 1.82. The minimum Gasteiger partial charge on any atom is -0.466 e. The van der Waals surface area contributed by atoms with Gasteiger partial charge in [0.15, 0.2) is 0 Å². The molecule has 0 saturated carbocycles. The van der Waals surface area contributed by atoms with Crippen molar-refractivity contribution in [2.45, 2.75) is 38.0 Å². The molecule has 2 aromatic heterocycles. The highest BCUT2D eigenvalue weighted by atomic mass is 32.2. The summed E-state index contributed by atoms with van der Waals surface area (Å²) in [4.78, 5) is 19.0. The number of thiazole rings is 1. The summed E-state index contributed by atoms with van der Waals surface area (Å²) in [7, 11) is 0. The Labute approximate surface area is 145 Å². The molecule has 2 aromatic rings. The van der Waals surface area contributed by atoms with E-state index in [1.54, 1.807) is 11.3 Å². The third-order valence-electron chi connectivity index (χ3n) is 4.21. The molecule has 6 heteroatoms. The first-order valence-electron chi connectivity index (χ1n) is 7.94. The number of amides is 1. The van der Waals surface area contributed by atoms with Gasteiger partial charge in [-0.1, -0.05) is 11.8 Å². The summed E-state index contributed by atoms with van der Waals surface area (Å²) in [5.74, 6) is 3.40. The quantitative estimate of drug-likeness (QED) is 0.771. The second-order valence-electron chi connectivity index (χ2n) is 6.13. The van der Waals surface area contributed by atoms with Crippen molar-refractivity contribution in [3.8, 4) is 0 Å². The van der Waals surface area contributed by atoms with Crippen LogP contribution >= 0.6 is 23.1 Å². The van der Waals surface area contributed by atoms with E-state index in [1.807, 2.05) is 43.5 Å². The SMILES string of the molecule is Cc1csc(SCC2CCN(C(=O)c3cc(C)oc3C)CC2)n1. The Balaban J connectivity index is 1.50. The number of hydrogen-bond acceptors (Lipinski definition) is 5. The van der Waals surface area contributed by atoms with E-state index in [0.717, 1.165) is 53.2 Å². The summed E-state index contributed by atoms with van der Waals surface area (Å²) in [5, 5.41) is 2.10. The molecule has 4 nitrogen and oxygen atoms in total. The Bertz CT molecular complexity index is 685. The number of carbonyl (C=O) groups is 1. The van der Waals surface area contributed by atoms with E-state index >= 15 is 0 Å². The van der Waals surface area contributed by atoms with Crippen LogP contribution in [-0.4, -0.2) is 34.6 Å². The first kappa shape index (κ1) is 16.6. The van der Waals surface area contributed by atoms with E-state index in [2.05, 4.69) is 10.4 Å². The Kier molecular flexibility index (Phi) is 5.11. The number of furan rings is 1. The molecule has 0 aromatic carbocycles. The molecule has 1 saturated heterocycles. The van der Waals surface area contributed by atoms with E-state index in [9.17, 15) is 4.79 Å². The Morgan fingerprint density at radius 3 is 2.70 bits per heavy atom. The molecule has 3 rings (SSSR count). The van der Waals surface area contributed by atoms with Gasteiger partial charge in [0.05, 0.1) is 5.56 Å². The van der Waals surface area contributed by atoms with E-state index < -0.39 is 0 Å². The van der Waals surface area contributed by atoms with Gasteiger partial charge >= 0.3 is 0 Å². The first-order chi connectivity index (χ1) is 11.0. The van der Waals surface area contributed by atoms with Crippen LogP contribution in [0.2, 0.25) is 0 Å². The van der Waals surface area contributed by atoms with Crippen molar-refractivity contribution in [3.05, 3.63) is 34.2 Å². The molecular weight excluding hydrogens is 328 g/mol. The van der Waals surface area contributed by atoms with Gasteiger partial charge in [-0.05, 0) is 45.6 Å². The number of rotatable bonds is 4. The van der Waals surface area contributed by atoms with Crippen molar-refractivity contribution in [2.75, 3.05) is 18.8 Å². The zero-order valence-corrected chi connectivity index (χ0v) is 15.4. The summed E-state index contributed by atoms with van der Waals surface area (Å²) < 4.78 is 6.64. The number of carbonyl (C=O) groups excluding carboxylic acids is 1. The van der Waals surface area contributed by atoms with Gasteiger partial charge in [-0.2, -0.15) is 0 Å². The van der Waals surface area contributed by atoms with Crippen molar-refractivity contribution in [1.29, 1.82) is 0 Å². The molecule has 1 fully saturated rings. The largest absolute Gasteiger partial charge is 0.466 e. The molecular formula is C17H22N2O2S2. The fourth-order valence-corrected chi connectivity index (χ4v) is 4.97. The lowest BCUT2D eigenvalue weighted by Crippen LogP contribution is -2.39. The van der Waals surface area contributed by atoms with Crippen LogP contribution in [0.25, 0.3) is 0 Å². The van der Waals surface area contributed by atoms with E-state index in [-0.39, 0.29) is 5.91 Å². The van der Waals surface area contributed by atoms with Gasteiger partial charge in [-0.3, -0.25) is 4.79 Å². The molecule has 124 valence electrons. The highest BCUT2D eigenvalue weighted by Gasteiger charge is 2.26. The summed E-state index contributed by atoms with van der Waals surface area (Å²) in [6.45, 7) is 7.45. The van der Waals surface area contributed by atoms with Crippen LogP contribution in [0.1, 0.15) is 40.4 Å². The molecule has 0 spiro atoms. The van der Waals surface area contributed by atoms with Crippen LogP contribution in [0, 0.1) is 26.7 Å². The number of likely N-dealkylation sites (tertiary alicyclic amines) is 1. The fraction of sp³-hybridized carbons (Fsp3) is 0.529. The zero-order valence-electron chi connectivity index (χ0n) is 13.8. The van der Waals surface area contributed by atoms with Crippen molar-refractivity contribution in [1.82, 2.24) is 9.88 Å². The molecule has 0 bridgehead atoms. The summed E-state index contributed by atoms with van der Waals surface area (Å²) in [6, 6.07) is 1.85. The van der Waals surface area contributed by atoms with Crippen molar-refractivity contribution >= 4 is 29.0 Å². The summed E-state index contributed by atoms with van der Waals surface area (Å²) in [6.07, 6.45) is 2.14. The van der Waals surface area contributed by atoms with Crippen LogP contribution in [0.3, 0.4) is 0 Å². The van der Waals surface area contributed by atoms with Crippen molar-refractivity contribution in [3.63, 3.8) is 0 Å². The highest BCUT2D eigenvalue weighted by molar-refractivity contribution is 8.01. The van der Waals surface area contributed by atoms with Gasteiger partial charge in [0.1, 0.15) is 15.9 Å². The molecule has 0 aliphatic carbocycles. The Morgan fingerprint density at radius 2 is 2.13 bits per heavy atom. The minimum absolute atomic E-state index is 0.112. The normalized spacial score (nSPS) is 16.0. The maximum Gasteiger partial charge on any atom is 0.257 e. The van der Waals surface area contributed by atoms with Gasteiger partial charge in [0, 0.05) is 29.9 Å². The molecule has 1 aliphatic rings. The van der Waals surface area contributed by atoms with Gasteiger partial charge in [-0.25, -0.2) is 4.98 Å². The predicted octanol–water partition coefficient (Wildman–Crippen LogP) is 4.31. The average molecular weight is 351 g/mol. The highest BCUT2D eigenvalue weighted by Crippen LogP contribution is 2.29. The monoisotopic (exact) mass is 350 g/mol. The fourth-order valence-electron chi connectivity index (χ4n) is 2.90. The van der Waals surface area contributed by atoms with Gasteiger partial charge < -0.3 is 9.32 Å². The van der Waals surface area contributed by atoms with Gasteiger partial charge in [-0.15, -0.1) is 11.3 Å². The lowest BCUT2D eigenvalue weighted by molar-refractivity contribution is 0.0697. The zero-order chi connectivity index (χ0) is 16.4. The number of nitrogens with zero attached hydrogens (tertiary/aromatic N) is 2. The minimum atomic E-state index is 0.112. The first-order valence-corrected chi connectivity index (χ1v) is 9.80. The average Bonchev–Trinajstić information content (AvgIpc) is 3.10. The summed E-state index contributed by atoms with van der Waals surface area (Å²) >= 11 is 3.57. The lowest BCUT2D eigenvalue weighted by atomic mass is 9.98. The molecule has 0 N–H and O–H groups in total. The second-order valence-corrected chi connectivity index (χ2v) is 8.25. The maximum absolute atomic E-state index is 12.6. The molecule has 1 aliphatic heterocycles. The number of piperidine rings is 1. The molecule has 0 atom stereocenters.